The molecule has 1 aromatic carbocycles. The number of methoxy groups -OCH3 is 1. The van der Waals surface area contributed by atoms with Crippen molar-refractivity contribution in [3.63, 3.8) is 0 Å². The molecular weight excluding hydrogens is 318 g/mol. The third-order valence-corrected chi connectivity index (χ3v) is 4.91. The van der Waals surface area contributed by atoms with E-state index in [4.69, 9.17) is 9.47 Å². The van der Waals surface area contributed by atoms with Gasteiger partial charge in [-0.3, -0.25) is 4.90 Å². The molecule has 2 rings (SSSR count). The van der Waals surface area contributed by atoms with Crippen LogP contribution in [0.15, 0.2) is 24.3 Å². The first-order valence-electron chi connectivity index (χ1n) is 9.18. The highest BCUT2D eigenvalue weighted by atomic mass is 16.5. The van der Waals surface area contributed by atoms with E-state index in [1.807, 2.05) is 18.2 Å². The Morgan fingerprint density at radius 1 is 1.28 bits per heavy atom. The minimum absolute atomic E-state index is 0.183. The van der Waals surface area contributed by atoms with Crippen molar-refractivity contribution in [3.8, 4) is 5.75 Å². The van der Waals surface area contributed by atoms with Crippen LogP contribution in [-0.2, 0) is 4.74 Å². The molecule has 0 bridgehead atoms. The maximum absolute atomic E-state index is 12.3. The summed E-state index contributed by atoms with van der Waals surface area (Å²) in [5, 5.41) is 5.92. The number of nitrogens with zero attached hydrogens (tertiary/aromatic N) is 1. The maximum Gasteiger partial charge on any atom is 0.319 e. The van der Waals surface area contributed by atoms with Crippen molar-refractivity contribution >= 4 is 11.7 Å². The van der Waals surface area contributed by atoms with Crippen molar-refractivity contribution in [2.75, 3.05) is 45.3 Å². The van der Waals surface area contributed by atoms with Crippen molar-refractivity contribution in [1.29, 1.82) is 0 Å². The largest absolute Gasteiger partial charge is 0.497 e. The second-order valence-corrected chi connectivity index (χ2v) is 6.36. The number of morpholine rings is 1. The van der Waals surface area contributed by atoms with Gasteiger partial charge in [-0.1, -0.05) is 32.8 Å². The summed E-state index contributed by atoms with van der Waals surface area (Å²) in [6, 6.07) is 7.52. The zero-order valence-electron chi connectivity index (χ0n) is 15.6. The number of carbonyl (C=O) groups excluding carboxylic acids is 1. The van der Waals surface area contributed by atoms with Crippen LogP contribution in [-0.4, -0.2) is 56.9 Å². The molecule has 1 unspecified atom stereocenters. The van der Waals surface area contributed by atoms with Gasteiger partial charge in [0, 0.05) is 37.4 Å². The van der Waals surface area contributed by atoms with Crippen LogP contribution in [0.5, 0.6) is 5.75 Å². The first kappa shape index (κ1) is 19.5. The molecule has 1 fully saturated rings. The summed E-state index contributed by atoms with van der Waals surface area (Å²) < 4.78 is 10.7. The first-order chi connectivity index (χ1) is 12.2. The fraction of sp³-hybridized carbons (Fsp3) is 0.632. The van der Waals surface area contributed by atoms with Crippen LogP contribution in [0, 0.1) is 5.92 Å². The second kappa shape index (κ2) is 10.3. The molecule has 1 heterocycles. The third kappa shape index (κ3) is 5.90. The Balaban J connectivity index is 1.92. The van der Waals surface area contributed by atoms with Gasteiger partial charge < -0.3 is 20.1 Å². The molecule has 1 aromatic rings. The summed E-state index contributed by atoms with van der Waals surface area (Å²) in [5.74, 6) is 1.29. The number of carbonyl (C=O) groups is 1. The molecule has 2 amide bonds. The average molecular weight is 349 g/mol. The van der Waals surface area contributed by atoms with Gasteiger partial charge in [-0.2, -0.15) is 0 Å². The minimum Gasteiger partial charge on any atom is -0.497 e. The van der Waals surface area contributed by atoms with Gasteiger partial charge in [0.1, 0.15) is 5.75 Å². The number of hydrogen-bond donors (Lipinski definition) is 2. The molecule has 0 saturated carbocycles. The van der Waals surface area contributed by atoms with Crippen molar-refractivity contribution < 1.29 is 14.3 Å². The van der Waals surface area contributed by atoms with Crippen LogP contribution in [0.25, 0.3) is 0 Å². The van der Waals surface area contributed by atoms with Crippen molar-refractivity contribution in [2.45, 2.75) is 32.7 Å². The van der Waals surface area contributed by atoms with Gasteiger partial charge in [0.15, 0.2) is 0 Å². The number of urea groups is 1. The molecule has 25 heavy (non-hydrogen) atoms. The number of ether oxygens (including phenoxy) is 2. The molecule has 0 aliphatic carbocycles. The zero-order valence-corrected chi connectivity index (χ0v) is 15.6. The second-order valence-electron chi connectivity index (χ2n) is 6.36. The van der Waals surface area contributed by atoms with Gasteiger partial charge in [0.2, 0.25) is 0 Å². The molecule has 0 radical (unpaired) electrons. The molecule has 1 aliphatic heterocycles. The van der Waals surface area contributed by atoms with E-state index in [1.165, 1.54) is 0 Å². The fourth-order valence-corrected chi connectivity index (χ4v) is 3.41. The molecular formula is C19H31N3O3. The smallest absolute Gasteiger partial charge is 0.319 e. The molecule has 1 saturated heterocycles. The molecule has 1 atom stereocenters. The van der Waals surface area contributed by atoms with Crippen LogP contribution >= 0.6 is 0 Å². The van der Waals surface area contributed by atoms with Crippen LogP contribution in [0.2, 0.25) is 0 Å². The Morgan fingerprint density at radius 2 is 2.00 bits per heavy atom. The van der Waals surface area contributed by atoms with Crippen LogP contribution in [0.1, 0.15) is 26.7 Å². The highest BCUT2D eigenvalue weighted by Crippen LogP contribution is 2.20. The van der Waals surface area contributed by atoms with E-state index in [0.29, 0.717) is 18.5 Å². The Kier molecular flexibility index (Phi) is 8.01. The van der Waals surface area contributed by atoms with E-state index < -0.39 is 0 Å². The van der Waals surface area contributed by atoms with Crippen molar-refractivity contribution in [3.05, 3.63) is 24.3 Å². The Morgan fingerprint density at radius 3 is 2.64 bits per heavy atom. The predicted molar refractivity (Wildman–Crippen MR) is 100 cm³/mol. The van der Waals surface area contributed by atoms with Gasteiger partial charge in [-0.15, -0.1) is 0 Å². The quantitative estimate of drug-likeness (QED) is 0.757. The fourth-order valence-electron chi connectivity index (χ4n) is 3.41. The molecule has 1 aliphatic rings. The summed E-state index contributed by atoms with van der Waals surface area (Å²) in [7, 11) is 1.61. The van der Waals surface area contributed by atoms with E-state index in [-0.39, 0.29) is 6.03 Å². The summed E-state index contributed by atoms with van der Waals surface area (Å²) in [6.45, 7) is 8.48. The zero-order chi connectivity index (χ0) is 18.1. The Bertz CT molecular complexity index is 528. The Hall–Kier alpha value is -1.79. The van der Waals surface area contributed by atoms with Gasteiger partial charge in [0.25, 0.3) is 0 Å². The number of hydrogen-bond acceptors (Lipinski definition) is 4. The summed E-state index contributed by atoms with van der Waals surface area (Å²) in [6.07, 6.45) is 2.22. The molecule has 6 nitrogen and oxygen atoms in total. The summed E-state index contributed by atoms with van der Waals surface area (Å²) in [4.78, 5) is 14.7. The highest BCUT2D eigenvalue weighted by Gasteiger charge is 2.27. The van der Waals surface area contributed by atoms with Crippen LogP contribution in [0.4, 0.5) is 10.5 Å². The third-order valence-electron chi connectivity index (χ3n) is 4.91. The van der Waals surface area contributed by atoms with E-state index >= 15 is 0 Å². The standard InChI is InChI=1S/C19H31N3O3/c1-4-15(5-2)18(22-9-11-25-12-10-22)14-20-19(23)21-16-7-6-8-17(13-16)24-3/h6-8,13,15,18H,4-5,9-12,14H2,1-3H3,(H2,20,21,23). The maximum atomic E-state index is 12.3. The van der Waals surface area contributed by atoms with Crippen LogP contribution < -0.4 is 15.4 Å². The molecule has 0 aromatic heterocycles. The lowest BCUT2D eigenvalue weighted by Gasteiger charge is -2.38. The number of nitrogens with one attached hydrogen (secondary N) is 2. The lowest BCUT2D eigenvalue weighted by molar-refractivity contribution is 0.00247. The Labute approximate surface area is 150 Å². The topological polar surface area (TPSA) is 62.8 Å². The first-order valence-corrected chi connectivity index (χ1v) is 9.18. The predicted octanol–water partition coefficient (Wildman–Crippen LogP) is 2.95. The van der Waals surface area contributed by atoms with E-state index in [9.17, 15) is 4.79 Å². The number of benzene rings is 1. The van der Waals surface area contributed by atoms with E-state index in [2.05, 4.69) is 29.4 Å². The number of amides is 2. The summed E-state index contributed by atoms with van der Waals surface area (Å²) >= 11 is 0. The van der Waals surface area contributed by atoms with E-state index in [1.54, 1.807) is 13.2 Å². The lowest BCUT2D eigenvalue weighted by Crippen LogP contribution is -2.52. The highest BCUT2D eigenvalue weighted by molar-refractivity contribution is 5.89. The van der Waals surface area contributed by atoms with Crippen molar-refractivity contribution in [2.24, 2.45) is 5.92 Å². The number of rotatable bonds is 8. The van der Waals surface area contributed by atoms with Gasteiger partial charge in [-0.25, -0.2) is 4.79 Å². The molecule has 2 N–H and O–H groups in total. The number of anilines is 1. The lowest BCUT2D eigenvalue weighted by atomic mass is 9.92. The molecule has 140 valence electrons. The monoisotopic (exact) mass is 349 g/mol. The van der Waals surface area contributed by atoms with Crippen molar-refractivity contribution in [1.82, 2.24) is 10.2 Å². The minimum atomic E-state index is -0.183. The van der Waals surface area contributed by atoms with Gasteiger partial charge in [0.05, 0.1) is 20.3 Å². The average Bonchev–Trinajstić information content (AvgIpc) is 2.66. The van der Waals surface area contributed by atoms with E-state index in [0.717, 1.165) is 50.6 Å². The summed E-state index contributed by atoms with van der Waals surface area (Å²) in [5.41, 5.74) is 0.724. The van der Waals surface area contributed by atoms with Gasteiger partial charge in [-0.05, 0) is 18.1 Å². The van der Waals surface area contributed by atoms with Gasteiger partial charge >= 0.3 is 6.03 Å². The van der Waals surface area contributed by atoms with Crippen LogP contribution in [0.3, 0.4) is 0 Å². The molecule has 6 heteroatoms. The normalized spacial score (nSPS) is 16.5. The molecule has 0 spiro atoms. The SMILES string of the molecule is CCC(CC)C(CNC(=O)Nc1cccc(OC)c1)N1CCOCC1.